The number of benzene rings is 2. The molecular weight excluding hydrogens is 321 g/mol. The number of hydrogen-bond acceptors (Lipinski definition) is 4. The fourth-order valence-electron chi connectivity index (χ4n) is 3.10. The standard InChI is InChI=1S/C19H16FN3O2/c1-12-15(20)8-5-9-16(12)23-11-14(10-17(23)24)19-21-18(22-25-19)13-6-3-2-4-7-13/h2-9,14H,10-11H2,1H3. The molecule has 2 aromatic carbocycles. The van der Waals surface area contributed by atoms with E-state index in [1.54, 1.807) is 24.0 Å². The minimum atomic E-state index is -0.321. The Labute approximate surface area is 144 Å². The van der Waals surface area contributed by atoms with E-state index in [9.17, 15) is 9.18 Å². The van der Waals surface area contributed by atoms with Gasteiger partial charge < -0.3 is 9.42 Å². The highest BCUT2D eigenvalue weighted by atomic mass is 19.1. The Hall–Kier alpha value is -3.02. The molecular formula is C19H16FN3O2. The van der Waals surface area contributed by atoms with Gasteiger partial charge in [0.15, 0.2) is 0 Å². The largest absolute Gasteiger partial charge is 0.339 e. The number of nitrogens with zero attached hydrogens (tertiary/aromatic N) is 3. The lowest BCUT2D eigenvalue weighted by atomic mass is 10.1. The zero-order chi connectivity index (χ0) is 17.4. The molecule has 0 N–H and O–H groups in total. The van der Waals surface area contributed by atoms with E-state index < -0.39 is 0 Å². The first-order chi connectivity index (χ1) is 12.1. The normalized spacial score (nSPS) is 17.3. The molecule has 6 heteroatoms. The molecule has 0 bridgehead atoms. The molecule has 1 unspecified atom stereocenters. The van der Waals surface area contributed by atoms with Crippen molar-refractivity contribution >= 4 is 11.6 Å². The van der Waals surface area contributed by atoms with Crippen molar-refractivity contribution in [2.75, 3.05) is 11.4 Å². The molecule has 126 valence electrons. The number of rotatable bonds is 3. The van der Waals surface area contributed by atoms with Crippen molar-refractivity contribution in [1.82, 2.24) is 10.1 Å². The molecule has 1 aliphatic rings. The van der Waals surface area contributed by atoms with Crippen LogP contribution >= 0.6 is 0 Å². The van der Waals surface area contributed by atoms with Gasteiger partial charge in [-0.05, 0) is 19.1 Å². The van der Waals surface area contributed by atoms with Gasteiger partial charge in [-0.3, -0.25) is 4.79 Å². The topological polar surface area (TPSA) is 59.2 Å². The maximum absolute atomic E-state index is 13.8. The van der Waals surface area contributed by atoms with Crippen molar-refractivity contribution in [1.29, 1.82) is 0 Å². The van der Waals surface area contributed by atoms with Gasteiger partial charge in [0.05, 0.1) is 5.92 Å². The van der Waals surface area contributed by atoms with Crippen LogP contribution in [0, 0.1) is 12.7 Å². The molecule has 0 spiro atoms. The second-order valence-electron chi connectivity index (χ2n) is 6.11. The molecule has 3 aromatic rings. The van der Waals surface area contributed by atoms with Crippen LogP contribution in [-0.2, 0) is 4.79 Å². The van der Waals surface area contributed by atoms with E-state index in [0.717, 1.165) is 5.56 Å². The molecule has 1 atom stereocenters. The van der Waals surface area contributed by atoms with Crippen LogP contribution in [0.15, 0.2) is 53.1 Å². The second kappa shape index (κ2) is 6.12. The summed E-state index contributed by atoms with van der Waals surface area (Å²) in [7, 11) is 0. The molecule has 0 aliphatic carbocycles. The van der Waals surface area contributed by atoms with Crippen LogP contribution in [0.2, 0.25) is 0 Å². The monoisotopic (exact) mass is 337 g/mol. The van der Waals surface area contributed by atoms with Gasteiger partial charge in [-0.1, -0.05) is 41.6 Å². The number of amides is 1. The number of carbonyl (C=O) groups is 1. The Morgan fingerprint density at radius 1 is 1.16 bits per heavy atom. The Morgan fingerprint density at radius 2 is 1.96 bits per heavy atom. The quantitative estimate of drug-likeness (QED) is 0.731. The van der Waals surface area contributed by atoms with Crippen molar-refractivity contribution in [3.63, 3.8) is 0 Å². The minimum absolute atomic E-state index is 0.0711. The summed E-state index contributed by atoms with van der Waals surface area (Å²) in [6.45, 7) is 2.07. The van der Waals surface area contributed by atoms with Gasteiger partial charge >= 0.3 is 0 Å². The third-order valence-corrected chi connectivity index (χ3v) is 4.48. The van der Waals surface area contributed by atoms with Gasteiger partial charge in [0, 0.05) is 29.8 Å². The predicted molar refractivity (Wildman–Crippen MR) is 90.6 cm³/mol. The Balaban J connectivity index is 1.59. The first-order valence-electron chi connectivity index (χ1n) is 8.08. The maximum Gasteiger partial charge on any atom is 0.232 e. The summed E-state index contributed by atoms with van der Waals surface area (Å²) in [5.74, 6) is 0.350. The third-order valence-electron chi connectivity index (χ3n) is 4.48. The van der Waals surface area contributed by atoms with Crippen molar-refractivity contribution in [2.45, 2.75) is 19.3 Å². The van der Waals surface area contributed by atoms with E-state index >= 15 is 0 Å². The average molecular weight is 337 g/mol. The maximum atomic E-state index is 13.8. The van der Waals surface area contributed by atoms with Crippen LogP contribution in [0.3, 0.4) is 0 Å². The van der Waals surface area contributed by atoms with Gasteiger partial charge in [0.1, 0.15) is 5.82 Å². The summed E-state index contributed by atoms with van der Waals surface area (Å²) < 4.78 is 19.2. The first kappa shape index (κ1) is 15.5. The van der Waals surface area contributed by atoms with E-state index in [0.29, 0.717) is 29.5 Å². The highest BCUT2D eigenvalue weighted by Crippen LogP contribution is 2.33. The highest BCUT2D eigenvalue weighted by molar-refractivity contribution is 5.97. The number of anilines is 1. The van der Waals surface area contributed by atoms with Gasteiger partial charge in [-0.25, -0.2) is 4.39 Å². The van der Waals surface area contributed by atoms with Crippen LogP contribution in [0.1, 0.15) is 23.8 Å². The molecule has 0 radical (unpaired) electrons. The average Bonchev–Trinajstić information content (AvgIpc) is 3.25. The van der Waals surface area contributed by atoms with E-state index in [4.69, 9.17) is 4.52 Å². The second-order valence-corrected chi connectivity index (χ2v) is 6.11. The molecule has 1 aliphatic heterocycles. The highest BCUT2D eigenvalue weighted by Gasteiger charge is 2.36. The fraction of sp³-hybridized carbons (Fsp3) is 0.211. The van der Waals surface area contributed by atoms with Crippen molar-refractivity contribution in [3.8, 4) is 11.4 Å². The van der Waals surface area contributed by atoms with Crippen LogP contribution in [0.5, 0.6) is 0 Å². The molecule has 0 saturated carbocycles. The van der Waals surface area contributed by atoms with Gasteiger partial charge in [0.2, 0.25) is 17.6 Å². The third kappa shape index (κ3) is 2.80. The molecule has 2 heterocycles. The summed E-state index contributed by atoms with van der Waals surface area (Å²) in [6, 6.07) is 14.3. The molecule has 1 amide bonds. The smallest absolute Gasteiger partial charge is 0.232 e. The van der Waals surface area contributed by atoms with Gasteiger partial charge in [0.25, 0.3) is 0 Å². The van der Waals surface area contributed by atoms with E-state index in [-0.39, 0.29) is 24.1 Å². The van der Waals surface area contributed by atoms with E-state index in [1.165, 1.54) is 6.07 Å². The van der Waals surface area contributed by atoms with Crippen molar-refractivity contribution in [3.05, 3.63) is 65.8 Å². The van der Waals surface area contributed by atoms with Crippen molar-refractivity contribution in [2.24, 2.45) is 0 Å². The number of aromatic nitrogens is 2. The Bertz CT molecular complexity index is 923. The number of halogens is 1. The fourth-order valence-corrected chi connectivity index (χ4v) is 3.10. The van der Waals surface area contributed by atoms with Crippen molar-refractivity contribution < 1.29 is 13.7 Å². The molecule has 4 rings (SSSR count). The Kier molecular flexibility index (Phi) is 3.80. The molecule has 1 aromatic heterocycles. The van der Waals surface area contributed by atoms with Gasteiger partial charge in [-0.2, -0.15) is 4.98 Å². The van der Waals surface area contributed by atoms with E-state index in [2.05, 4.69) is 10.1 Å². The lowest BCUT2D eigenvalue weighted by Gasteiger charge is -2.18. The van der Waals surface area contributed by atoms with Crippen LogP contribution in [0.4, 0.5) is 10.1 Å². The summed E-state index contributed by atoms with van der Waals surface area (Å²) >= 11 is 0. The lowest BCUT2D eigenvalue weighted by molar-refractivity contribution is -0.117. The predicted octanol–water partition coefficient (Wildman–Crippen LogP) is 3.70. The minimum Gasteiger partial charge on any atom is -0.339 e. The van der Waals surface area contributed by atoms with Crippen LogP contribution < -0.4 is 4.90 Å². The summed E-state index contributed by atoms with van der Waals surface area (Å²) in [4.78, 5) is 18.4. The summed E-state index contributed by atoms with van der Waals surface area (Å²) in [5.41, 5.74) is 1.92. The van der Waals surface area contributed by atoms with Crippen LogP contribution in [0.25, 0.3) is 11.4 Å². The first-order valence-corrected chi connectivity index (χ1v) is 8.08. The number of carbonyl (C=O) groups excluding carboxylic acids is 1. The van der Waals surface area contributed by atoms with Gasteiger partial charge in [-0.15, -0.1) is 0 Å². The zero-order valence-corrected chi connectivity index (χ0v) is 13.6. The summed E-state index contributed by atoms with van der Waals surface area (Å²) in [6.07, 6.45) is 0.270. The molecule has 25 heavy (non-hydrogen) atoms. The van der Waals surface area contributed by atoms with E-state index in [1.807, 2.05) is 30.3 Å². The molecule has 1 saturated heterocycles. The summed E-state index contributed by atoms with van der Waals surface area (Å²) in [5, 5.41) is 4.01. The van der Waals surface area contributed by atoms with Crippen LogP contribution in [-0.4, -0.2) is 22.6 Å². The SMILES string of the molecule is Cc1c(F)cccc1N1CC(c2nc(-c3ccccc3)no2)CC1=O. The zero-order valence-electron chi connectivity index (χ0n) is 13.6. The molecule has 5 nitrogen and oxygen atoms in total. The molecule has 1 fully saturated rings. The lowest BCUT2D eigenvalue weighted by Crippen LogP contribution is -2.25. The number of hydrogen-bond donors (Lipinski definition) is 0. The Morgan fingerprint density at radius 3 is 2.76 bits per heavy atom.